The Balaban J connectivity index is 2.45. The molecule has 0 aromatic heterocycles. The van der Waals surface area contributed by atoms with Crippen molar-refractivity contribution < 1.29 is 14.7 Å². The number of amides is 1. The number of allylic oxidation sites excluding steroid dienone is 2. The first-order chi connectivity index (χ1) is 8.69. The third-order valence-corrected chi connectivity index (χ3v) is 3.42. The van der Waals surface area contributed by atoms with Crippen LogP contribution in [0.15, 0.2) is 12.2 Å². The molecular formula is C14H23NO3. The number of aliphatic hydroxyl groups is 1. The second-order valence-corrected chi connectivity index (χ2v) is 4.76. The van der Waals surface area contributed by atoms with Gasteiger partial charge in [-0.3, -0.25) is 9.59 Å². The van der Waals surface area contributed by atoms with Gasteiger partial charge in [-0.15, -0.1) is 0 Å². The molecule has 0 aromatic carbocycles. The standard InChI is InChI=1S/C14H23NO3/c1-2-3-4-5-12-11(6-7-13(12)17)10-14(18)15-8-9-16/h3-4,11-12,16H,2,5-10H2,1H3,(H,15,18)/b4-3-/t11-,12-/m1/s1. The van der Waals surface area contributed by atoms with E-state index in [0.29, 0.717) is 19.4 Å². The number of aliphatic hydroxyl groups excluding tert-OH is 1. The first-order valence-electron chi connectivity index (χ1n) is 6.74. The molecule has 0 bridgehead atoms. The first-order valence-corrected chi connectivity index (χ1v) is 6.74. The van der Waals surface area contributed by atoms with E-state index in [0.717, 1.165) is 19.3 Å². The van der Waals surface area contributed by atoms with Crippen LogP contribution in [-0.4, -0.2) is 29.9 Å². The number of Topliss-reactive ketones (excluding diaryl/α,β-unsaturated/α-hetero) is 1. The zero-order valence-electron chi connectivity index (χ0n) is 11.0. The van der Waals surface area contributed by atoms with Crippen molar-refractivity contribution >= 4 is 11.7 Å². The van der Waals surface area contributed by atoms with Crippen LogP contribution in [0.3, 0.4) is 0 Å². The van der Waals surface area contributed by atoms with Crippen molar-refractivity contribution in [2.45, 2.75) is 39.0 Å². The maximum atomic E-state index is 11.8. The average molecular weight is 253 g/mol. The van der Waals surface area contributed by atoms with E-state index in [1.165, 1.54) is 0 Å². The molecule has 1 fully saturated rings. The fourth-order valence-electron chi connectivity index (χ4n) is 2.46. The molecule has 2 atom stereocenters. The van der Waals surface area contributed by atoms with Crippen molar-refractivity contribution in [1.29, 1.82) is 0 Å². The second-order valence-electron chi connectivity index (χ2n) is 4.76. The Morgan fingerprint density at radius 1 is 1.50 bits per heavy atom. The quantitative estimate of drug-likeness (QED) is 0.675. The van der Waals surface area contributed by atoms with E-state index in [-0.39, 0.29) is 30.1 Å². The Labute approximate surface area is 108 Å². The lowest BCUT2D eigenvalue weighted by atomic mass is 9.89. The summed E-state index contributed by atoms with van der Waals surface area (Å²) >= 11 is 0. The topological polar surface area (TPSA) is 66.4 Å². The molecule has 0 saturated heterocycles. The lowest BCUT2D eigenvalue weighted by Gasteiger charge is -2.16. The normalized spacial score (nSPS) is 23.8. The average Bonchev–Trinajstić information content (AvgIpc) is 2.69. The summed E-state index contributed by atoms with van der Waals surface area (Å²) in [4.78, 5) is 23.4. The Morgan fingerprint density at radius 3 is 2.94 bits per heavy atom. The third-order valence-electron chi connectivity index (χ3n) is 3.42. The summed E-state index contributed by atoms with van der Waals surface area (Å²) in [5, 5.41) is 11.3. The van der Waals surface area contributed by atoms with Crippen molar-refractivity contribution in [3.05, 3.63) is 12.2 Å². The SMILES string of the molecule is CC/C=C\C[C@H]1C(=O)CC[C@@H]1CC(=O)NCCO. The smallest absolute Gasteiger partial charge is 0.220 e. The molecule has 2 N–H and O–H groups in total. The number of hydrogen-bond donors (Lipinski definition) is 2. The fourth-order valence-corrected chi connectivity index (χ4v) is 2.46. The van der Waals surface area contributed by atoms with Crippen molar-refractivity contribution in [2.75, 3.05) is 13.2 Å². The van der Waals surface area contributed by atoms with Gasteiger partial charge in [0.2, 0.25) is 5.91 Å². The number of rotatable bonds is 7. The Kier molecular flexibility index (Phi) is 6.65. The van der Waals surface area contributed by atoms with Crippen LogP contribution >= 0.6 is 0 Å². The summed E-state index contributed by atoms with van der Waals surface area (Å²) < 4.78 is 0. The van der Waals surface area contributed by atoms with E-state index in [9.17, 15) is 9.59 Å². The summed E-state index contributed by atoms with van der Waals surface area (Å²) in [6.07, 6.45) is 7.66. The van der Waals surface area contributed by atoms with Crippen LogP contribution in [0.4, 0.5) is 0 Å². The molecule has 0 aromatic rings. The van der Waals surface area contributed by atoms with Gasteiger partial charge in [-0.1, -0.05) is 19.1 Å². The van der Waals surface area contributed by atoms with Crippen LogP contribution in [0.25, 0.3) is 0 Å². The van der Waals surface area contributed by atoms with Crippen LogP contribution in [0, 0.1) is 11.8 Å². The zero-order chi connectivity index (χ0) is 13.4. The van der Waals surface area contributed by atoms with E-state index in [1.54, 1.807) is 0 Å². The molecule has 1 amide bonds. The molecule has 102 valence electrons. The largest absolute Gasteiger partial charge is 0.395 e. The maximum absolute atomic E-state index is 11.8. The number of ketones is 1. The molecule has 0 spiro atoms. The summed E-state index contributed by atoms with van der Waals surface area (Å²) in [6.45, 7) is 2.31. The predicted molar refractivity (Wildman–Crippen MR) is 70.0 cm³/mol. The molecule has 1 saturated carbocycles. The Morgan fingerprint density at radius 2 is 2.28 bits per heavy atom. The minimum atomic E-state index is -0.0618. The Hall–Kier alpha value is -1.16. The van der Waals surface area contributed by atoms with Crippen LogP contribution in [-0.2, 0) is 9.59 Å². The number of carbonyl (C=O) groups is 2. The van der Waals surface area contributed by atoms with Crippen molar-refractivity contribution in [2.24, 2.45) is 11.8 Å². The van der Waals surface area contributed by atoms with E-state index in [1.807, 2.05) is 6.08 Å². The highest BCUT2D eigenvalue weighted by molar-refractivity contribution is 5.85. The van der Waals surface area contributed by atoms with Gasteiger partial charge < -0.3 is 10.4 Å². The summed E-state index contributed by atoms with van der Waals surface area (Å²) in [5.74, 6) is 0.398. The second kappa shape index (κ2) is 8.03. The minimum absolute atomic E-state index is 0.00711. The van der Waals surface area contributed by atoms with Crippen molar-refractivity contribution in [3.8, 4) is 0 Å². The van der Waals surface area contributed by atoms with Crippen LogP contribution in [0.5, 0.6) is 0 Å². The van der Waals surface area contributed by atoms with Crippen LogP contribution < -0.4 is 5.32 Å². The van der Waals surface area contributed by atoms with Crippen LogP contribution in [0.1, 0.15) is 39.0 Å². The summed E-state index contributed by atoms with van der Waals surface area (Å²) in [6, 6.07) is 0. The minimum Gasteiger partial charge on any atom is -0.395 e. The van der Waals surface area contributed by atoms with Gasteiger partial charge in [0.1, 0.15) is 5.78 Å². The third kappa shape index (κ3) is 4.61. The summed E-state index contributed by atoms with van der Waals surface area (Å²) in [7, 11) is 0. The molecule has 4 heteroatoms. The molecule has 0 heterocycles. The van der Waals surface area contributed by atoms with E-state index >= 15 is 0 Å². The van der Waals surface area contributed by atoms with Crippen molar-refractivity contribution in [1.82, 2.24) is 5.32 Å². The molecule has 18 heavy (non-hydrogen) atoms. The first kappa shape index (κ1) is 14.9. The molecule has 0 radical (unpaired) electrons. The Bertz CT molecular complexity index is 312. The number of nitrogens with one attached hydrogen (secondary N) is 1. The molecule has 0 aliphatic heterocycles. The molecule has 0 unspecified atom stereocenters. The lowest BCUT2D eigenvalue weighted by molar-refractivity contribution is -0.123. The van der Waals surface area contributed by atoms with Gasteiger partial charge in [0, 0.05) is 25.3 Å². The van der Waals surface area contributed by atoms with E-state index in [2.05, 4.69) is 18.3 Å². The molecule has 4 nitrogen and oxygen atoms in total. The maximum Gasteiger partial charge on any atom is 0.220 e. The molecular weight excluding hydrogens is 230 g/mol. The number of carbonyl (C=O) groups excluding carboxylic acids is 2. The fraction of sp³-hybridized carbons (Fsp3) is 0.714. The lowest BCUT2D eigenvalue weighted by Crippen LogP contribution is -2.29. The summed E-state index contributed by atoms with van der Waals surface area (Å²) in [5.41, 5.74) is 0. The van der Waals surface area contributed by atoms with Gasteiger partial charge in [-0.2, -0.15) is 0 Å². The van der Waals surface area contributed by atoms with Gasteiger partial charge >= 0.3 is 0 Å². The predicted octanol–water partition coefficient (Wildman–Crippen LogP) is 1.44. The molecule has 1 aliphatic rings. The number of hydrogen-bond acceptors (Lipinski definition) is 3. The molecule has 1 aliphatic carbocycles. The highest BCUT2D eigenvalue weighted by Crippen LogP contribution is 2.33. The van der Waals surface area contributed by atoms with Gasteiger partial charge in [-0.25, -0.2) is 0 Å². The zero-order valence-corrected chi connectivity index (χ0v) is 11.0. The van der Waals surface area contributed by atoms with Crippen LogP contribution in [0.2, 0.25) is 0 Å². The molecule has 1 rings (SSSR count). The van der Waals surface area contributed by atoms with Gasteiger partial charge in [0.05, 0.1) is 6.61 Å². The van der Waals surface area contributed by atoms with E-state index < -0.39 is 0 Å². The van der Waals surface area contributed by atoms with Gasteiger partial charge in [0.25, 0.3) is 0 Å². The van der Waals surface area contributed by atoms with E-state index in [4.69, 9.17) is 5.11 Å². The van der Waals surface area contributed by atoms with Gasteiger partial charge in [0.15, 0.2) is 0 Å². The van der Waals surface area contributed by atoms with Crippen molar-refractivity contribution in [3.63, 3.8) is 0 Å². The monoisotopic (exact) mass is 253 g/mol. The highest BCUT2D eigenvalue weighted by Gasteiger charge is 2.34. The van der Waals surface area contributed by atoms with Gasteiger partial charge in [-0.05, 0) is 25.2 Å². The highest BCUT2D eigenvalue weighted by atomic mass is 16.3.